The topological polar surface area (TPSA) is 50.9 Å². The molecule has 0 amide bonds. The van der Waals surface area contributed by atoms with Gasteiger partial charge in [0.25, 0.3) is 0 Å². The third-order valence-electron chi connectivity index (χ3n) is 2.65. The number of aliphatic hydroxyl groups excluding tert-OH is 1. The van der Waals surface area contributed by atoms with E-state index in [1.54, 1.807) is 0 Å². The Morgan fingerprint density at radius 1 is 1.26 bits per heavy atom. The molecule has 0 saturated carbocycles. The van der Waals surface area contributed by atoms with Crippen LogP contribution >= 0.6 is 0 Å². The highest BCUT2D eigenvalue weighted by atomic mass is 19.4. The van der Waals surface area contributed by atoms with Gasteiger partial charge in [0.15, 0.2) is 11.6 Å². The molecule has 4 nitrogen and oxygen atoms in total. The van der Waals surface area contributed by atoms with Crippen molar-refractivity contribution in [2.75, 3.05) is 0 Å². The van der Waals surface area contributed by atoms with Crippen LogP contribution in [0.2, 0.25) is 0 Å². The lowest BCUT2D eigenvalue weighted by molar-refractivity contribution is -0.139. The fourth-order valence-corrected chi connectivity index (χ4v) is 1.66. The maximum absolute atomic E-state index is 13.9. The lowest BCUT2D eigenvalue weighted by Crippen LogP contribution is -2.09. The van der Waals surface area contributed by atoms with Gasteiger partial charge >= 0.3 is 6.18 Å². The second-order valence-electron chi connectivity index (χ2n) is 3.82. The molecule has 19 heavy (non-hydrogen) atoms. The van der Waals surface area contributed by atoms with Crippen molar-refractivity contribution in [1.29, 1.82) is 0 Å². The van der Waals surface area contributed by atoms with Crippen LogP contribution in [0.4, 0.5) is 17.6 Å². The standard InChI is InChI=1S/C11H9F4N3O/c1-18-8(5-19)16-17-10(18)6-3-2-4-7(9(6)12)11(13,14)15/h2-4,19H,5H2,1H3. The number of aliphatic hydroxyl groups is 1. The molecule has 0 aliphatic carbocycles. The van der Waals surface area contributed by atoms with Gasteiger partial charge in [-0.3, -0.25) is 0 Å². The smallest absolute Gasteiger partial charge is 0.388 e. The van der Waals surface area contributed by atoms with Gasteiger partial charge in [0.1, 0.15) is 12.4 Å². The average molecular weight is 275 g/mol. The summed E-state index contributed by atoms with van der Waals surface area (Å²) in [6.45, 7) is -0.440. The Hall–Kier alpha value is -1.96. The van der Waals surface area contributed by atoms with E-state index in [4.69, 9.17) is 5.11 Å². The van der Waals surface area contributed by atoms with Gasteiger partial charge in [-0.25, -0.2) is 4.39 Å². The molecule has 0 unspecified atom stereocenters. The molecule has 1 aromatic carbocycles. The summed E-state index contributed by atoms with van der Waals surface area (Å²) in [5.74, 6) is -1.35. The average Bonchev–Trinajstić information content (AvgIpc) is 2.69. The minimum Gasteiger partial charge on any atom is -0.388 e. The van der Waals surface area contributed by atoms with Crippen LogP contribution in [-0.4, -0.2) is 19.9 Å². The van der Waals surface area contributed by atoms with Crippen LogP contribution in [0.1, 0.15) is 11.4 Å². The normalized spacial score (nSPS) is 11.9. The zero-order valence-electron chi connectivity index (χ0n) is 9.74. The minimum atomic E-state index is -4.78. The zero-order chi connectivity index (χ0) is 14.2. The number of nitrogens with zero attached hydrogens (tertiary/aromatic N) is 3. The van der Waals surface area contributed by atoms with Gasteiger partial charge < -0.3 is 9.67 Å². The maximum Gasteiger partial charge on any atom is 0.419 e. The lowest BCUT2D eigenvalue weighted by atomic mass is 10.1. The number of rotatable bonds is 2. The van der Waals surface area contributed by atoms with E-state index in [1.165, 1.54) is 17.7 Å². The van der Waals surface area contributed by atoms with Crippen molar-refractivity contribution >= 4 is 0 Å². The number of aromatic nitrogens is 3. The van der Waals surface area contributed by atoms with Gasteiger partial charge in [-0.1, -0.05) is 6.07 Å². The zero-order valence-corrected chi connectivity index (χ0v) is 9.74. The Bertz CT molecular complexity index is 606. The molecule has 102 valence electrons. The molecule has 1 aromatic heterocycles. The number of hydrogen-bond acceptors (Lipinski definition) is 3. The van der Waals surface area contributed by atoms with Crippen LogP contribution in [0.3, 0.4) is 0 Å². The van der Waals surface area contributed by atoms with Crippen molar-refractivity contribution in [3.05, 3.63) is 35.4 Å². The SMILES string of the molecule is Cn1c(CO)nnc1-c1cccc(C(F)(F)F)c1F. The van der Waals surface area contributed by atoms with E-state index >= 15 is 0 Å². The molecule has 0 aliphatic rings. The van der Waals surface area contributed by atoms with Crippen molar-refractivity contribution < 1.29 is 22.7 Å². The predicted octanol–water partition coefficient (Wildman–Crippen LogP) is 2.13. The van der Waals surface area contributed by atoms with Crippen molar-refractivity contribution in [2.45, 2.75) is 12.8 Å². The van der Waals surface area contributed by atoms with E-state index in [2.05, 4.69) is 10.2 Å². The molecule has 2 aromatic rings. The number of hydrogen-bond donors (Lipinski definition) is 1. The Labute approximate surface area is 105 Å². The van der Waals surface area contributed by atoms with E-state index < -0.39 is 24.2 Å². The highest BCUT2D eigenvalue weighted by Gasteiger charge is 2.35. The maximum atomic E-state index is 13.9. The van der Waals surface area contributed by atoms with Gasteiger partial charge in [-0.15, -0.1) is 10.2 Å². The Balaban J connectivity index is 2.60. The van der Waals surface area contributed by atoms with Crippen molar-refractivity contribution in [3.63, 3.8) is 0 Å². The molecule has 8 heteroatoms. The first kappa shape index (κ1) is 13.5. The molecule has 0 aliphatic heterocycles. The molecular formula is C11H9F4N3O. The van der Waals surface area contributed by atoms with Gasteiger partial charge in [0, 0.05) is 7.05 Å². The Kier molecular flexibility index (Phi) is 3.27. The van der Waals surface area contributed by atoms with Gasteiger partial charge in [0.2, 0.25) is 0 Å². The highest BCUT2D eigenvalue weighted by molar-refractivity contribution is 5.58. The van der Waals surface area contributed by atoms with Crippen LogP contribution in [0.5, 0.6) is 0 Å². The first-order valence-corrected chi connectivity index (χ1v) is 5.21. The summed E-state index contributed by atoms with van der Waals surface area (Å²) in [7, 11) is 1.43. The fraction of sp³-hybridized carbons (Fsp3) is 0.273. The van der Waals surface area contributed by atoms with E-state index in [-0.39, 0.29) is 17.2 Å². The predicted molar refractivity (Wildman–Crippen MR) is 57.3 cm³/mol. The third-order valence-corrected chi connectivity index (χ3v) is 2.65. The second kappa shape index (κ2) is 4.61. The van der Waals surface area contributed by atoms with Crippen molar-refractivity contribution in [3.8, 4) is 11.4 Å². The molecular weight excluding hydrogens is 266 g/mol. The summed E-state index contributed by atoms with van der Waals surface area (Å²) in [6.07, 6.45) is -4.78. The van der Waals surface area contributed by atoms with Crippen LogP contribution < -0.4 is 0 Å². The van der Waals surface area contributed by atoms with Crippen LogP contribution in [0, 0.1) is 5.82 Å². The number of halogens is 4. The van der Waals surface area contributed by atoms with Gasteiger partial charge in [-0.05, 0) is 12.1 Å². The molecule has 0 atom stereocenters. The molecule has 0 fully saturated rings. The molecule has 0 spiro atoms. The van der Waals surface area contributed by atoms with Crippen molar-refractivity contribution in [1.82, 2.24) is 14.8 Å². The molecule has 0 bridgehead atoms. The van der Waals surface area contributed by atoms with Crippen LogP contribution in [0.15, 0.2) is 18.2 Å². The van der Waals surface area contributed by atoms with Crippen LogP contribution in [-0.2, 0) is 19.8 Å². The molecule has 1 heterocycles. The summed E-state index contributed by atoms with van der Waals surface area (Å²) in [5, 5.41) is 16.1. The summed E-state index contributed by atoms with van der Waals surface area (Å²) >= 11 is 0. The Morgan fingerprint density at radius 3 is 2.47 bits per heavy atom. The molecule has 2 rings (SSSR count). The highest BCUT2D eigenvalue weighted by Crippen LogP contribution is 2.34. The van der Waals surface area contributed by atoms with Gasteiger partial charge in [0.05, 0.1) is 11.1 Å². The largest absolute Gasteiger partial charge is 0.419 e. The molecule has 0 radical (unpaired) electrons. The summed E-state index contributed by atoms with van der Waals surface area (Å²) in [6, 6.07) is 2.92. The van der Waals surface area contributed by atoms with Crippen LogP contribution in [0.25, 0.3) is 11.4 Å². The van der Waals surface area contributed by atoms with E-state index in [0.717, 1.165) is 6.07 Å². The quantitative estimate of drug-likeness (QED) is 0.854. The first-order chi connectivity index (χ1) is 8.86. The van der Waals surface area contributed by atoms with Crippen molar-refractivity contribution in [2.24, 2.45) is 7.05 Å². The lowest BCUT2D eigenvalue weighted by Gasteiger charge is -2.10. The van der Waals surface area contributed by atoms with E-state index in [1.807, 2.05) is 0 Å². The number of benzene rings is 1. The molecule has 0 saturated heterocycles. The van der Waals surface area contributed by atoms with E-state index in [0.29, 0.717) is 6.07 Å². The summed E-state index contributed by atoms with van der Waals surface area (Å²) in [4.78, 5) is 0. The minimum absolute atomic E-state index is 0.0762. The first-order valence-electron chi connectivity index (χ1n) is 5.21. The third kappa shape index (κ3) is 2.30. The Morgan fingerprint density at radius 2 is 1.95 bits per heavy atom. The fourth-order valence-electron chi connectivity index (χ4n) is 1.66. The summed E-state index contributed by atoms with van der Waals surface area (Å²) < 4.78 is 52.9. The van der Waals surface area contributed by atoms with E-state index in [9.17, 15) is 17.6 Å². The number of alkyl halides is 3. The summed E-state index contributed by atoms with van der Waals surface area (Å²) in [5.41, 5.74) is -1.68. The second-order valence-corrected chi connectivity index (χ2v) is 3.82. The van der Waals surface area contributed by atoms with Gasteiger partial charge in [-0.2, -0.15) is 13.2 Å². The monoisotopic (exact) mass is 275 g/mol. The molecule has 1 N–H and O–H groups in total.